The number of hydrogen-bond donors (Lipinski definition) is 0. The van der Waals surface area contributed by atoms with Crippen LogP contribution in [0.25, 0.3) is 185 Å². The molecule has 6 heterocycles. The highest BCUT2D eigenvalue weighted by Gasteiger charge is 2.25. The third-order valence-electron chi connectivity index (χ3n) is 26.1. The number of para-hydroxylation sites is 4. The molecule has 0 atom stereocenters. The van der Waals surface area contributed by atoms with Crippen molar-refractivity contribution in [3.05, 3.63) is 479 Å². The lowest BCUT2D eigenvalue weighted by atomic mass is 10.0. The number of aromatic nitrogens is 1. The molecule has 0 amide bonds. The van der Waals surface area contributed by atoms with Gasteiger partial charge in [-0.3, -0.25) is 0 Å². The number of rotatable bonds is 14. The van der Waals surface area contributed by atoms with E-state index < -0.39 is 0 Å². The van der Waals surface area contributed by atoms with Crippen molar-refractivity contribution >= 4 is 301 Å². The standard InChI is InChI=1S/C42H26Cl2N2S.C42H25Cl2NS2.C40H23Cl2NOS/c43-29-21-28(22-30(44)24-29)27-15-20-41-38(23-27)36-18-16-34(26-42(36)47-41)45(31-9-3-1-4-10-31)33-17-19-40-37(25-33)35-13-7-8-14-39(35)46(40)32-11-5-2-6-12-32;43-30-20-29(21-31(44)23-30)28-12-18-40-37(22-28)36-17-15-34(25-42(36)47-40)45(32-13-10-27(11-14-32)26-6-2-1-3-7-26)33-16-19-41-38(24-33)35-8-4-5-9-39(35)46-41;41-28-17-27(18-29(42)21-28)26-10-16-39-36(20-26)34-14-12-32(23-40(34)45-39)43(30-11-9-24-5-1-2-6-25(24)19-30)31-13-15-38-35(22-31)33-7-3-4-8-37(33)44-38/h1-26H;1-25H;1-23H. The molecule has 21 aromatic carbocycles. The fourth-order valence-corrected chi connectivity index (χ4v) is 25.8. The lowest BCUT2D eigenvalue weighted by Gasteiger charge is -2.26. The van der Waals surface area contributed by atoms with E-state index in [2.05, 4.69) is 401 Å². The predicted octanol–water partition coefficient (Wildman–Crippen LogP) is 41.7. The average Bonchev–Trinajstić information content (AvgIpc) is 1.59. The summed E-state index contributed by atoms with van der Waals surface area (Å²) in [6.45, 7) is 0. The molecule has 0 unspecified atom stereocenters. The molecule has 27 aromatic rings. The number of fused-ring (bicyclic) bond motifs is 19. The number of anilines is 9. The molecular formula is C124H74Cl6N4OS4. The minimum Gasteiger partial charge on any atom is -0.456 e. The van der Waals surface area contributed by atoms with Gasteiger partial charge in [0.2, 0.25) is 0 Å². The highest BCUT2D eigenvalue weighted by molar-refractivity contribution is 7.27. The number of thiophene rings is 4. The van der Waals surface area contributed by atoms with Crippen molar-refractivity contribution in [1.82, 2.24) is 4.57 Å². The second-order valence-electron chi connectivity index (χ2n) is 34.7. The Morgan fingerprint density at radius 1 is 0.173 bits per heavy atom. The largest absolute Gasteiger partial charge is 0.456 e. The maximum atomic E-state index is 6.35. The van der Waals surface area contributed by atoms with Crippen LogP contribution in [-0.4, -0.2) is 4.57 Å². The molecule has 0 saturated heterocycles. The molecule has 0 radical (unpaired) electrons. The monoisotopic (exact) mass is 1970 g/mol. The van der Waals surface area contributed by atoms with E-state index >= 15 is 0 Å². The molecule has 6 aromatic heterocycles. The maximum Gasteiger partial charge on any atom is 0.135 e. The third-order valence-corrected chi connectivity index (χ3v) is 32.0. The summed E-state index contributed by atoms with van der Waals surface area (Å²) in [5, 5.41) is 20.9. The summed E-state index contributed by atoms with van der Waals surface area (Å²) in [6.07, 6.45) is 0. The van der Waals surface area contributed by atoms with Gasteiger partial charge in [0.25, 0.3) is 0 Å². The van der Waals surface area contributed by atoms with Crippen LogP contribution in [0.2, 0.25) is 30.1 Å². The van der Waals surface area contributed by atoms with Crippen molar-refractivity contribution in [2.45, 2.75) is 0 Å². The zero-order valence-electron chi connectivity index (χ0n) is 73.8. The van der Waals surface area contributed by atoms with Crippen LogP contribution in [0.15, 0.2) is 453 Å². The predicted molar refractivity (Wildman–Crippen MR) is 606 cm³/mol. The fourth-order valence-electron chi connectivity index (χ4n) is 19.7. The molecule has 0 N–H and O–H groups in total. The first-order valence-corrected chi connectivity index (χ1v) is 51.1. The minimum atomic E-state index is 0.632. The summed E-state index contributed by atoms with van der Waals surface area (Å²) >= 11 is 45.3. The van der Waals surface area contributed by atoms with Gasteiger partial charge in [-0.15, -0.1) is 45.3 Å². The van der Waals surface area contributed by atoms with Crippen molar-refractivity contribution in [2.24, 2.45) is 0 Å². The summed E-state index contributed by atoms with van der Waals surface area (Å²) < 4.78 is 18.6. The van der Waals surface area contributed by atoms with Gasteiger partial charge in [-0.1, -0.05) is 270 Å². The van der Waals surface area contributed by atoms with Crippen LogP contribution in [0.3, 0.4) is 0 Å². The number of hydrogen-bond acceptors (Lipinski definition) is 8. The van der Waals surface area contributed by atoms with Crippen LogP contribution in [0.4, 0.5) is 51.2 Å². The van der Waals surface area contributed by atoms with E-state index in [1.165, 1.54) is 124 Å². The van der Waals surface area contributed by atoms with E-state index in [9.17, 15) is 0 Å². The molecule has 139 heavy (non-hydrogen) atoms. The molecule has 0 aliphatic rings. The van der Waals surface area contributed by atoms with Crippen molar-refractivity contribution < 1.29 is 4.42 Å². The van der Waals surface area contributed by atoms with Gasteiger partial charge in [0, 0.05) is 189 Å². The first-order valence-electron chi connectivity index (χ1n) is 45.5. The average molecular weight is 1980 g/mol. The Morgan fingerprint density at radius 3 is 1.05 bits per heavy atom. The van der Waals surface area contributed by atoms with Crippen LogP contribution >= 0.6 is 115 Å². The van der Waals surface area contributed by atoms with Crippen LogP contribution in [0.1, 0.15) is 0 Å². The Bertz CT molecular complexity index is 9480. The van der Waals surface area contributed by atoms with Gasteiger partial charge in [0.15, 0.2) is 0 Å². The van der Waals surface area contributed by atoms with Crippen LogP contribution in [0.5, 0.6) is 0 Å². The summed E-state index contributed by atoms with van der Waals surface area (Å²) in [4.78, 5) is 7.08. The molecule has 0 spiro atoms. The van der Waals surface area contributed by atoms with E-state index in [1.54, 1.807) is 18.2 Å². The molecule has 0 aliphatic carbocycles. The molecule has 0 bridgehead atoms. The summed E-state index contributed by atoms with van der Waals surface area (Å²) in [7, 11) is 0. The van der Waals surface area contributed by atoms with E-state index in [0.717, 1.165) is 112 Å². The van der Waals surface area contributed by atoms with Crippen LogP contribution in [-0.2, 0) is 0 Å². The zero-order valence-corrected chi connectivity index (χ0v) is 81.6. The molecule has 5 nitrogen and oxygen atoms in total. The smallest absolute Gasteiger partial charge is 0.135 e. The Balaban J connectivity index is 0.000000110. The molecule has 27 rings (SSSR count). The second kappa shape index (κ2) is 36.1. The van der Waals surface area contributed by atoms with Crippen LogP contribution in [0, 0.1) is 0 Å². The molecule has 0 fully saturated rings. The number of benzene rings is 21. The highest BCUT2D eigenvalue weighted by Crippen LogP contribution is 2.51. The fraction of sp³-hybridized carbons (Fsp3) is 0. The zero-order chi connectivity index (χ0) is 93.0. The van der Waals surface area contributed by atoms with Crippen molar-refractivity contribution in [2.75, 3.05) is 14.7 Å². The summed E-state index contributed by atoms with van der Waals surface area (Å²) in [6, 6.07) is 159. The van der Waals surface area contributed by atoms with Crippen molar-refractivity contribution in [3.8, 4) is 50.2 Å². The maximum absolute atomic E-state index is 6.35. The van der Waals surface area contributed by atoms with Gasteiger partial charge in [-0.25, -0.2) is 0 Å². The van der Waals surface area contributed by atoms with Gasteiger partial charge < -0.3 is 23.7 Å². The second-order valence-corrected chi connectivity index (χ2v) is 41.6. The molecule has 0 saturated carbocycles. The van der Waals surface area contributed by atoms with Gasteiger partial charge in [-0.05, 0) is 304 Å². The Hall–Kier alpha value is -14.5. The van der Waals surface area contributed by atoms with Gasteiger partial charge in [0.1, 0.15) is 11.2 Å². The van der Waals surface area contributed by atoms with E-state index in [0.29, 0.717) is 30.1 Å². The van der Waals surface area contributed by atoms with Gasteiger partial charge >= 0.3 is 0 Å². The lowest BCUT2D eigenvalue weighted by molar-refractivity contribution is 0.669. The van der Waals surface area contributed by atoms with E-state index in [-0.39, 0.29) is 0 Å². The number of furan rings is 1. The Labute approximate surface area is 846 Å². The van der Waals surface area contributed by atoms with Gasteiger partial charge in [-0.2, -0.15) is 0 Å². The summed E-state index contributed by atoms with van der Waals surface area (Å²) in [5.41, 5.74) is 24.0. The minimum absolute atomic E-state index is 0.632. The van der Waals surface area contributed by atoms with Crippen molar-refractivity contribution in [1.29, 1.82) is 0 Å². The number of nitrogens with zero attached hydrogens (tertiary/aromatic N) is 4. The highest BCUT2D eigenvalue weighted by atomic mass is 35.5. The quantitative estimate of drug-likeness (QED) is 0.108. The Kier molecular flexibility index (Phi) is 22.4. The van der Waals surface area contributed by atoms with Gasteiger partial charge in [0.05, 0.1) is 11.0 Å². The Morgan fingerprint density at radius 2 is 0.504 bits per heavy atom. The summed E-state index contributed by atoms with van der Waals surface area (Å²) in [5.74, 6) is 0. The number of halogens is 6. The molecule has 15 heteroatoms. The third kappa shape index (κ3) is 16.4. The lowest BCUT2D eigenvalue weighted by Crippen LogP contribution is -2.09. The van der Waals surface area contributed by atoms with Crippen LogP contribution < -0.4 is 14.7 Å². The molecular weight excluding hydrogens is 1900 g/mol. The molecule has 0 aliphatic heterocycles. The SMILES string of the molecule is Clc1cc(Cl)cc(-c2ccc3sc4cc(N(c5ccc(-c6ccccc6)cc5)c5ccc6sc7ccccc7c6c5)ccc4c3c2)c1.Clc1cc(Cl)cc(-c2ccc3sc4cc(N(c5ccc6ccccc6c5)c5ccc6oc7ccccc7c6c5)ccc4c3c2)c1.Clc1cc(Cl)cc(-c2ccc3sc4cc(N(c5ccccc5)c5ccc6c(c5)c5ccccc5n6-c5ccccc5)ccc4c3c2)c1. The molecule has 662 valence electrons. The van der Waals surface area contributed by atoms with E-state index in [1.807, 2.05) is 93.9 Å². The first-order chi connectivity index (χ1) is 68.2. The normalized spacial score (nSPS) is 11.7. The topological polar surface area (TPSA) is 27.8 Å². The van der Waals surface area contributed by atoms with E-state index in [4.69, 9.17) is 74.0 Å². The van der Waals surface area contributed by atoms with Crippen molar-refractivity contribution in [3.63, 3.8) is 0 Å². The first kappa shape index (κ1) is 86.1.